The maximum absolute atomic E-state index is 13.6. The zero-order chi connectivity index (χ0) is 27.6. The van der Waals surface area contributed by atoms with E-state index in [2.05, 4.69) is 40.7 Å². The quantitative estimate of drug-likeness (QED) is 0.353. The van der Waals surface area contributed by atoms with Gasteiger partial charge < -0.3 is 11.1 Å². The van der Waals surface area contributed by atoms with Crippen LogP contribution in [0.2, 0.25) is 0 Å². The summed E-state index contributed by atoms with van der Waals surface area (Å²) in [5.41, 5.74) is 5.82. The van der Waals surface area contributed by atoms with Crippen LogP contribution in [0.3, 0.4) is 0 Å². The third-order valence-corrected chi connectivity index (χ3v) is 6.48. The first-order valence-electron chi connectivity index (χ1n) is 11.3. The van der Waals surface area contributed by atoms with Crippen LogP contribution in [0.5, 0.6) is 0 Å². The summed E-state index contributed by atoms with van der Waals surface area (Å²) in [6.07, 6.45) is -4.84. The highest BCUT2D eigenvalue weighted by Crippen LogP contribution is 2.47. The number of anilines is 2. The van der Waals surface area contributed by atoms with Gasteiger partial charge in [0.15, 0.2) is 11.5 Å². The Bertz CT molecular complexity index is 1580. The van der Waals surface area contributed by atoms with Crippen LogP contribution in [0.1, 0.15) is 36.8 Å². The van der Waals surface area contributed by atoms with Crippen LogP contribution in [-0.2, 0) is 30.7 Å². The molecule has 1 amide bonds. The molecule has 12 nitrogen and oxygen atoms in total. The second-order valence-electron chi connectivity index (χ2n) is 8.84. The fraction of sp³-hybridized carbons (Fsp3) is 0.429. The van der Waals surface area contributed by atoms with Gasteiger partial charge in [-0.05, 0) is 6.42 Å². The van der Waals surface area contributed by atoms with E-state index >= 15 is 0 Å². The van der Waals surface area contributed by atoms with Gasteiger partial charge in [-0.25, -0.2) is 19.9 Å². The van der Waals surface area contributed by atoms with Gasteiger partial charge in [0, 0.05) is 33.1 Å². The van der Waals surface area contributed by atoms with Crippen LogP contribution < -0.4 is 11.1 Å². The standard InChI is InChI=1S/C21H20F5N11O/c1-4-19(10-8-36(2)35-34-10)12-14(27)31-16(32-15(12)33-18(19)38)13-9-7-28-37(3)17(9)30-11(29-13)5-6-20(22,23)21(24,25)26/h7-8H,4-6H2,1-3H3,(H3,27,31,32,33,38). The highest BCUT2D eigenvalue weighted by atomic mass is 19.4. The molecular formula is C21H20F5N11O. The third kappa shape index (κ3) is 3.71. The molecule has 0 spiro atoms. The summed E-state index contributed by atoms with van der Waals surface area (Å²) >= 11 is 0. The maximum Gasteiger partial charge on any atom is 0.453 e. The first-order chi connectivity index (χ1) is 17.8. The predicted molar refractivity (Wildman–Crippen MR) is 122 cm³/mol. The Hall–Kier alpha value is -4.31. The number of nitrogen functional groups attached to an aromatic ring is 1. The molecule has 0 aromatic carbocycles. The van der Waals surface area contributed by atoms with Gasteiger partial charge in [0.1, 0.15) is 34.3 Å². The molecule has 4 aromatic heterocycles. The summed E-state index contributed by atoms with van der Waals surface area (Å²) in [7, 11) is 3.16. The zero-order valence-electron chi connectivity index (χ0n) is 20.2. The molecule has 17 heteroatoms. The summed E-state index contributed by atoms with van der Waals surface area (Å²) < 4.78 is 67.9. The predicted octanol–water partition coefficient (Wildman–Crippen LogP) is 2.31. The Labute approximate surface area is 210 Å². The summed E-state index contributed by atoms with van der Waals surface area (Å²) in [6, 6.07) is 0. The molecule has 0 saturated carbocycles. The smallest absolute Gasteiger partial charge is 0.383 e. The maximum atomic E-state index is 13.6. The molecule has 0 saturated heterocycles. The molecule has 4 aromatic rings. The first-order valence-corrected chi connectivity index (χ1v) is 11.3. The number of hydrogen-bond donors (Lipinski definition) is 2. The topological polar surface area (TPSA) is 155 Å². The molecule has 1 unspecified atom stereocenters. The van der Waals surface area contributed by atoms with Crippen LogP contribution in [0.25, 0.3) is 22.6 Å². The molecule has 1 aliphatic heterocycles. The van der Waals surface area contributed by atoms with Crippen molar-refractivity contribution in [2.75, 3.05) is 11.1 Å². The highest BCUT2D eigenvalue weighted by molar-refractivity contribution is 6.09. The summed E-state index contributed by atoms with van der Waals surface area (Å²) in [4.78, 5) is 30.3. The van der Waals surface area contributed by atoms with Crippen molar-refractivity contribution in [1.82, 2.24) is 44.7 Å². The monoisotopic (exact) mass is 537 g/mol. The van der Waals surface area contributed by atoms with Crippen LogP contribution >= 0.6 is 0 Å². The van der Waals surface area contributed by atoms with Crippen molar-refractivity contribution in [3.8, 4) is 11.5 Å². The Morgan fingerprint density at radius 1 is 1.11 bits per heavy atom. The minimum absolute atomic E-state index is 0.00525. The number of nitrogens with zero attached hydrogens (tertiary/aromatic N) is 9. The number of amides is 1. The normalized spacial score (nSPS) is 17.7. The van der Waals surface area contributed by atoms with Gasteiger partial charge in [0.05, 0.1) is 17.1 Å². The number of rotatable bonds is 6. The summed E-state index contributed by atoms with van der Waals surface area (Å²) in [5, 5.41) is 15.1. The molecule has 1 aliphatic rings. The fourth-order valence-electron chi connectivity index (χ4n) is 4.49. The average molecular weight is 537 g/mol. The van der Waals surface area contributed by atoms with Crippen LogP contribution in [0, 0.1) is 0 Å². The SMILES string of the molecule is CCC1(c2cn(C)nn2)C(=O)Nc2nc(-c3nc(CCC(F)(F)C(F)(F)F)nc4c3cnn4C)nc(N)c21. The number of aryl methyl sites for hydroxylation is 3. The molecular weight excluding hydrogens is 517 g/mol. The third-order valence-electron chi connectivity index (χ3n) is 6.48. The minimum Gasteiger partial charge on any atom is -0.383 e. The van der Waals surface area contributed by atoms with E-state index in [1.54, 1.807) is 20.2 Å². The number of carbonyl (C=O) groups is 1. The Morgan fingerprint density at radius 2 is 1.84 bits per heavy atom. The van der Waals surface area contributed by atoms with Crippen molar-refractivity contribution < 1.29 is 26.7 Å². The van der Waals surface area contributed by atoms with Crippen molar-refractivity contribution in [2.45, 2.75) is 43.7 Å². The Kier molecular flexibility index (Phi) is 5.57. The number of fused-ring (bicyclic) bond motifs is 2. The van der Waals surface area contributed by atoms with Gasteiger partial charge >= 0.3 is 12.1 Å². The van der Waals surface area contributed by atoms with E-state index in [0.717, 1.165) is 0 Å². The largest absolute Gasteiger partial charge is 0.453 e. The van der Waals surface area contributed by atoms with Gasteiger partial charge in [-0.1, -0.05) is 12.1 Å². The van der Waals surface area contributed by atoms with Crippen LogP contribution in [0.15, 0.2) is 12.4 Å². The van der Waals surface area contributed by atoms with Gasteiger partial charge in [-0.15, -0.1) is 5.10 Å². The molecule has 0 radical (unpaired) electrons. The molecule has 1 atom stereocenters. The van der Waals surface area contributed by atoms with Gasteiger partial charge in [0.25, 0.3) is 0 Å². The minimum atomic E-state index is -5.71. The molecule has 0 fully saturated rings. The summed E-state index contributed by atoms with van der Waals surface area (Å²) in [5.74, 6) is -5.76. The molecule has 0 bridgehead atoms. The first kappa shape index (κ1) is 25.3. The lowest BCUT2D eigenvalue weighted by Gasteiger charge is -2.23. The van der Waals surface area contributed by atoms with Crippen LogP contribution in [0.4, 0.5) is 33.6 Å². The number of aromatic nitrogens is 9. The van der Waals surface area contributed by atoms with E-state index in [0.29, 0.717) is 11.1 Å². The molecule has 38 heavy (non-hydrogen) atoms. The van der Waals surface area contributed by atoms with Gasteiger partial charge in [0.2, 0.25) is 5.91 Å². The lowest BCUT2D eigenvalue weighted by Crippen LogP contribution is -2.36. The Balaban J connectivity index is 1.62. The number of halogens is 5. The van der Waals surface area contributed by atoms with Crippen molar-refractivity contribution in [3.63, 3.8) is 0 Å². The summed E-state index contributed by atoms with van der Waals surface area (Å²) in [6.45, 7) is 1.77. The molecule has 5 heterocycles. The number of hydrogen-bond acceptors (Lipinski definition) is 9. The molecule has 3 N–H and O–H groups in total. The van der Waals surface area contributed by atoms with E-state index in [4.69, 9.17) is 5.73 Å². The van der Waals surface area contributed by atoms with Gasteiger partial charge in [-0.3, -0.25) is 14.2 Å². The second-order valence-corrected chi connectivity index (χ2v) is 8.84. The fourth-order valence-corrected chi connectivity index (χ4v) is 4.49. The van der Waals surface area contributed by atoms with E-state index in [1.165, 1.54) is 22.6 Å². The van der Waals surface area contributed by atoms with Crippen molar-refractivity contribution >= 4 is 28.6 Å². The molecule has 200 valence electrons. The highest BCUT2D eigenvalue weighted by Gasteiger charge is 2.57. The van der Waals surface area contributed by atoms with E-state index in [-0.39, 0.29) is 46.6 Å². The van der Waals surface area contributed by atoms with E-state index < -0.39 is 36.3 Å². The number of alkyl halides is 5. The molecule has 0 aliphatic carbocycles. The number of nitrogens with one attached hydrogen (secondary N) is 1. The van der Waals surface area contributed by atoms with Gasteiger partial charge in [-0.2, -0.15) is 27.1 Å². The lowest BCUT2D eigenvalue weighted by molar-refractivity contribution is -0.284. The zero-order valence-corrected chi connectivity index (χ0v) is 20.2. The van der Waals surface area contributed by atoms with Crippen molar-refractivity contribution in [3.05, 3.63) is 29.5 Å². The van der Waals surface area contributed by atoms with E-state index in [9.17, 15) is 26.7 Å². The lowest BCUT2D eigenvalue weighted by atomic mass is 9.77. The second kappa shape index (κ2) is 8.35. The number of nitrogens with two attached hydrogens (primary N) is 1. The Morgan fingerprint density at radius 3 is 2.47 bits per heavy atom. The molecule has 5 rings (SSSR count). The van der Waals surface area contributed by atoms with Crippen molar-refractivity contribution in [2.24, 2.45) is 14.1 Å². The average Bonchev–Trinajstić information content (AvgIpc) is 3.52. The van der Waals surface area contributed by atoms with Crippen molar-refractivity contribution in [1.29, 1.82) is 0 Å². The van der Waals surface area contributed by atoms with Crippen LogP contribution in [-0.4, -0.2) is 62.7 Å². The van der Waals surface area contributed by atoms with E-state index in [1.807, 2.05) is 0 Å². The number of carbonyl (C=O) groups excluding carboxylic acids is 1.